The quantitative estimate of drug-likeness (QED) is 0.907. The predicted octanol–water partition coefficient (Wildman–Crippen LogP) is 1.96. The summed E-state index contributed by atoms with van der Waals surface area (Å²) in [7, 11) is 1.68. The van der Waals surface area contributed by atoms with Gasteiger partial charge in [-0.2, -0.15) is 13.2 Å². The molecular weight excluding hydrogens is 267 g/mol. The Balaban J connectivity index is 2.35. The van der Waals surface area contributed by atoms with E-state index in [0.29, 0.717) is 5.16 Å². The lowest BCUT2D eigenvalue weighted by atomic mass is 10.2. The summed E-state index contributed by atoms with van der Waals surface area (Å²) < 4.78 is 39.3. The summed E-state index contributed by atoms with van der Waals surface area (Å²) in [4.78, 5) is 3.82. The summed E-state index contributed by atoms with van der Waals surface area (Å²) >= 11 is 0.964. The molecule has 2 aromatic heterocycles. The van der Waals surface area contributed by atoms with Gasteiger partial charge in [-0.15, -0.1) is 10.2 Å². The molecule has 2 N–H and O–H groups in total. The molecule has 0 saturated carbocycles. The molecule has 0 radical (unpaired) electrons. The zero-order chi connectivity index (χ0) is 13.3. The SMILES string of the molecule is Cn1cnnc1Sc1cc(C(F)(F)F)cc(N)n1. The second-order valence-electron chi connectivity index (χ2n) is 3.44. The van der Waals surface area contributed by atoms with E-state index in [1.54, 1.807) is 11.6 Å². The molecule has 2 aromatic rings. The number of hydrogen-bond acceptors (Lipinski definition) is 5. The van der Waals surface area contributed by atoms with Crippen LogP contribution in [0.4, 0.5) is 19.0 Å². The van der Waals surface area contributed by atoms with Crippen molar-refractivity contribution in [2.24, 2.45) is 7.05 Å². The first-order valence-corrected chi connectivity index (χ1v) is 5.54. The van der Waals surface area contributed by atoms with Gasteiger partial charge in [0, 0.05) is 7.05 Å². The lowest BCUT2D eigenvalue weighted by Gasteiger charge is -2.09. The van der Waals surface area contributed by atoms with E-state index in [0.717, 1.165) is 23.9 Å². The monoisotopic (exact) mass is 275 g/mol. The molecule has 0 unspecified atom stereocenters. The fourth-order valence-corrected chi connectivity index (χ4v) is 2.00. The van der Waals surface area contributed by atoms with Gasteiger partial charge in [-0.3, -0.25) is 0 Å². The third kappa shape index (κ3) is 2.73. The van der Waals surface area contributed by atoms with Crippen LogP contribution in [0.25, 0.3) is 0 Å². The minimum atomic E-state index is -4.45. The number of nitrogen functional groups attached to an aromatic ring is 1. The summed E-state index contributed by atoms with van der Waals surface area (Å²) in [5.74, 6) is -0.186. The van der Waals surface area contributed by atoms with E-state index in [9.17, 15) is 13.2 Å². The van der Waals surface area contributed by atoms with Crippen molar-refractivity contribution >= 4 is 17.6 Å². The normalized spacial score (nSPS) is 11.8. The second-order valence-corrected chi connectivity index (χ2v) is 4.43. The van der Waals surface area contributed by atoms with Crippen LogP contribution >= 0.6 is 11.8 Å². The van der Waals surface area contributed by atoms with Crippen molar-refractivity contribution in [1.82, 2.24) is 19.7 Å². The van der Waals surface area contributed by atoms with Crippen LogP contribution < -0.4 is 5.73 Å². The first-order valence-electron chi connectivity index (χ1n) is 4.73. The molecule has 0 spiro atoms. The zero-order valence-electron chi connectivity index (χ0n) is 9.14. The van der Waals surface area contributed by atoms with Crippen LogP contribution in [-0.2, 0) is 13.2 Å². The maximum Gasteiger partial charge on any atom is 0.416 e. The average Bonchev–Trinajstić information content (AvgIpc) is 2.62. The molecule has 5 nitrogen and oxygen atoms in total. The highest BCUT2D eigenvalue weighted by molar-refractivity contribution is 7.99. The molecule has 96 valence electrons. The fourth-order valence-electron chi connectivity index (χ4n) is 1.20. The summed E-state index contributed by atoms with van der Waals surface area (Å²) in [6, 6.07) is 1.72. The fraction of sp³-hybridized carbons (Fsp3) is 0.222. The highest BCUT2D eigenvalue weighted by Gasteiger charge is 2.31. The molecule has 0 amide bonds. The van der Waals surface area contributed by atoms with Crippen molar-refractivity contribution in [3.8, 4) is 0 Å². The van der Waals surface area contributed by atoms with Gasteiger partial charge in [-0.1, -0.05) is 0 Å². The van der Waals surface area contributed by atoms with Gasteiger partial charge in [-0.25, -0.2) is 4.98 Å². The topological polar surface area (TPSA) is 69.6 Å². The molecule has 0 aliphatic carbocycles. The van der Waals surface area contributed by atoms with Crippen molar-refractivity contribution in [2.45, 2.75) is 16.4 Å². The van der Waals surface area contributed by atoms with Crippen LogP contribution in [-0.4, -0.2) is 19.7 Å². The highest BCUT2D eigenvalue weighted by atomic mass is 32.2. The van der Waals surface area contributed by atoms with E-state index in [2.05, 4.69) is 15.2 Å². The van der Waals surface area contributed by atoms with Gasteiger partial charge in [-0.05, 0) is 23.9 Å². The highest BCUT2D eigenvalue weighted by Crippen LogP contribution is 2.33. The van der Waals surface area contributed by atoms with Crippen molar-refractivity contribution in [1.29, 1.82) is 0 Å². The number of rotatable bonds is 2. The molecule has 2 rings (SSSR count). The van der Waals surface area contributed by atoms with E-state index in [1.165, 1.54) is 6.33 Å². The molecule has 0 aromatic carbocycles. The van der Waals surface area contributed by atoms with Gasteiger partial charge in [0.15, 0.2) is 5.16 Å². The number of alkyl halides is 3. The molecular formula is C9H8F3N5S. The maximum absolute atomic E-state index is 12.6. The summed E-state index contributed by atoms with van der Waals surface area (Å²) in [5.41, 5.74) is 4.52. The Morgan fingerprint density at radius 2 is 2.06 bits per heavy atom. The van der Waals surface area contributed by atoms with Gasteiger partial charge in [0.25, 0.3) is 0 Å². The van der Waals surface area contributed by atoms with Gasteiger partial charge in [0.1, 0.15) is 17.2 Å². The van der Waals surface area contributed by atoms with Gasteiger partial charge in [0.2, 0.25) is 0 Å². The van der Waals surface area contributed by atoms with E-state index < -0.39 is 11.7 Å². The summed E-state index contributed by atoms with van der Waals surface area (Å²) in [6.45, 7) is 0. The third-order valence-corrected chi connectivity index (χ3v) is 2.99. The van der Waals surface area contributed by atoms with Crippen molar-refractivity contribution < 1.29 is 13.2 Å². The Morgan fingerprint density at radius 3 is 2.61 bits per heavy atom. The van der Waals surface area contributed by atoms with Gasteiger partial charge >= 0.3 is 6.18 Å². The predicted molar refractivity (Wildman–Crippen MR) is 58.8 cm³/mol. The number of nitrogens with zero attached hydrogens (tertiary/aromatic N) is 4. The Labute approximate surface area is 104 Å². The molecule has 0 fully saturated rings. The largest absolute Gasteiger partial charge is 0.416 e. The van der Waals surface area contributed by atoms with Crippen LogP contribution in [0.3, 0.4) is 0 Å². The molecule has 18 heavy (non-hydrogen) atoms. The Kier molecular flexibility index (Phi) is 3.16. The molecule has 0 saturated heterocycles. The first-order chi connectivity index (χ1) is 8.36. The molecule has 0 bridgehead atoms. The number of hydrogen-bond donors (Lipinski definition) is 1. The van der Waals surface area contributed by atoms with Gasteiger partial charge in [0.05, 0.1) is 5.56 Å². The van der Waals surface area contributed by atoms with Crippen molar-refractivity contribution in [3.05, 3.63) is 24.0 Å². The zero-order valence-corrected chi connectivity index (χ0v) is 9.96. The van der Waals surface area contributed by atoms with Gasteiger partial charge < -0.3 is 10.3 Å². The van der Waals surface area contributed by atoms with Crippen LogP contribution in [0.1, 0.15) is 5.56 Å². The van der Waals surface area contributed by atoms with E-state index in [-0.39, 0.29) is 10.8 Å². The molecule has 2 heterocycles. The van der Waals surface area contributed by atoms with Crippen LogP contribution in [0.5, 0.6) is 0 Å². The van der Waals surface area contributed by atoms with Crippen LogP contribution in [0, 0.1) is 0 Å². The summed E-state index contributed by atoms with van der Waals surface area (Å²) in [5, 5.41) is 7.92. The Morgan fingerprint density at radius 1 is 1.33 bits per heavy atom. The minimum Gasteiger partial charge on any atom is -0.384 e. The van der Waals surface area contributed by atoms with E-state index in [1.807, 2.05) is 0 Å². The van der Waals surface area contributed by atoms with E-state index >= 15 is 0 Å². The smallest absolute Gasteiger partial charge is 0.384 e. The number of nitrogens with two attached hydrogens (primary N) is 1. The number of aromatic nitrogens is 4. The molecule has 0 aliphatic rings. The first kappa shape index (κ1) is 12.7. The third-order valence-electron chi connectivity index (χ3n) is 2.01. The number of aryl methyl sites for hydroxylation is 1. The Bertz CT molecular complexity index is 566. The summed E-state index contributed by atoms with van der Waals surface area (Å²) in [6.07, 6.45) is -3.01. The molecule has 0 atom stereocenters. The standard InChI is InChI=1S/C9H8F3N5S/c1-17-4-14-16-8(17)18-7-3-5(9(10,11)12)2-6(13)15-7/h2-4H,1H3,(H2,13,15). The van der Waals surface area contributed by atoms with E-state index in [4.69, 9.17) is 5.73 Å². The van der Waals surface area contributed by atoms with Crippen LogP contribution in [0.2, 0.25) is 0 Å². The second kappa shape index (κ2) is 4.48. The maximum atomic E-state index is 12.6. The molecule has 9 heteroatoms. The lowest BCUT2D eigenvalue weighted by molar-refractivity contribution is -0.137. The minimum absolute atomic E-state index is 0.124. The average molecular weight is 275 g/mol. The van der Waals surface area contributed by atoms with Crippen molar-refractivity contribution in [3.63, 3.8) is 0 Å². The molecule has 0 aliphatic heterocycles. The number of pyridine rings is 1. The van der Waals surface area contributed by atoms with Crippen molar-refractivity contribution in [2.75, 3.05) is 5.73 Å². The lowest BCUT2D eigenvalue weighted by Crippen LogP contribution is -2.07. The van der Waals surface area contributed by atoms with Crippen LogP contribution in [0.15, 0.2) is 28.6 Å². The number of anilines is 1. The number of halogens is 3. The Hall–Kier alpha value is -1.77.